The third-order valence-corrected chi connectivity index (χ3v) is 3.17. The fraction of sp³-hybridized carbons (Fsp3) is 0.143. The molecule has 2 nitrogen and oxygen atoms in total. The number of hydrogen-bond acceptors (Lipinski definition) is 2. The minimum absolute atomic E-state index is 0.262. The molecule has 0 aliphatic carbocycles. The molecule has 0 aromatic heterocycles. The Bertz CT molecular complexity index is 545. The number of nitrogens with two attached hydrogens (primary N) is 1. The van der Waals surface area contributed by atoms with E-state index in [9.17, 15) is 4.39 Å². The van der Waals surface area contributed by atoms with Crippen LogP contribution < -0.4 is 10.5 Å². The fourth-order valence-electron chi connectivity index (χ4n) is 1.66. The molecule has 2 N–H and O–H groups in total. The van der Waals surface area contributed by atoms with E-state index < -0.39 is 0 Å². The summed E-state index contributed by atoms with van der Waals surface area (Å²) in [4.78, 5) is 0. The summed E-state index contributed by atoms with van der Waals surface area (Å²) in [5.74, 6) is 0.450. The van der Waals surface area contributed by atoms with Crippen LogP contribution in [0.15, 0.2) is 46.9 Å². The summed E-state index contributed by atoms with van der Waals surface area (Å²) >= 11 is 3.42. The van der Waals surface area contributed by atoms with Gasteiger partial charge in [-0.15, -0.1) is 0 Å². The third kappa shape index (κ3) is 3.09. The summed E-state index contributed by atoms with van der Waals surface area (Å²) in [6, 6.07) is 12.1. The Morgan fingerprint density at radius 1 is 1.17 bits per heavy atom. The summed E-state index contributed by atoms with van der Waals surface area (Å²) < 4.78 is 19.6. The Labute approximate surface area is 114 Å². The molecule has 2 rings (SSSR count). The highest BCUT2D eigenvalue weighted by molar-refractivity contribution is 9.10. The second-order valence-electron chi connectivity index (χ2n) is 3.85. The number of para-hydroxylation sites is 1. The van der Waals surface area contributed by atoms with E-state index >= 15 is 0 Å². The topological polar surface area (TPSA) is 35.2 Å². The van der Waals surface area contributed by atoms with Crippen molar-refractivity contribution in [3.05, 3.63) is 63.9 Å². The number of hydrogen-bond donors (Lipinski definition) is 1. The monoisotopic (exact) mass is 309 g/mol. The SMILES string of the molecule is NCc1cccc(Br)c1OCc1cccc(F)c1. The molecular formula is C14H13BrFNO. The van der Waals surface area contributed by atoms with Crippen molar-refractivity contribution < 1.29 is 9.13 Å². The minimum Gasteiger partial charge on any atom is -0.487 e. The average Bonchev–Trinajstić information content (AvgIpc) is 2.37. The first-order valence-corrected chi connectivity index (χ1v) is 6.34. The van der Waals surface area contributed by atoms with Crippen molar-refractivity contribution in [1.29, 1.82) is 0 Å². The molecule has 0 amide bonds. The zero-order valence-corrected chi connectivity index (χ0v) is 11.3. The van der Waals surface area contributed by atoms with Gasteiger partial charge in [-0.3, -0.25) is 0 Å². The number of benzene rings is 2. The summed E-state index contributed by atoms with van der Waals surface area (Å²) in [6.45, 7) is 0.714. The summed E-state index contributed by atoms with van der Waals surface area (Å²) in [7, 11) is 0. The Hall–Kier alpha value is -1.39. The molecule has 18 heavy (non-hydrogen) atoms. The van der Waals surface area contributed by atoms with Crippen LogP contribution in [0, 0.1) is 5.82 Å². The third-order valence-electron chi connectivity index (χ3n) is 2.54. The Balaban J connectivity index is 2.15. The van der Waals surface area contributed by atoms with Crippen LogP contribution in [-0.2, 0) is 13.2 Å². The molecule has 0 aliphatic heterocycles. The lowest BCUT2D eigenvalue weighted by Gasteiger charge is -2.12. The van der Waals surface area contributed by atoms with Crippen molar-refractivity contribution in [2.24, 2.45) is 5.73 Å². The van der Waals surface area contributed by atoms with Crippen LogP contribution in [0.25, 0.3) is 0 Å². The zero-order chi connectivity index (χ0) is 13.0. The van der Waals surface area contributed by atoms with Crippen molar-refractivity contribution in [3.8, 4) is 5.75 Å². The van der Waals surface area contributed by atoms with Gasteiger partial charge in [0.25, 0.3) is 0 Å². The molecule has 0 atom stereocenters. The molecule has 0 aliphatic rings. The smallest absolute Gasteiger partial charge is 0.138 e. The molecule has 0 saturated carbocycles. The molecule has 0 heterocycles. The molecule has 2 aromatic rings. The summed E-state index contributed by atoms with van der Waals surface area (Å²) in [6.07, 6.45) is 0. The number of halogens is 2. The molecule has 4 heteroatoms. The molecule has 2 aromatic carbocycles. The van der Waals surface area contributed by atoms with Gasteiger partial charge in [0, 0.05) is 12.1 Å². The van der Waals surface area contributed by atoms with Crippen LogP contribution in [0.5, 0.6) is 5.75 Å². The second kappa shape index (κ2) is 5.98. The number of ether oxygens (including phenoxy) is 1. The molecule has 0 radical (unpaired) electrons. The molecule has 0 unspecified atom stereocenters. The second-order valence-corrected chi connectivity index (χ2v) is 4.71. The summed E-state index contributed by atoms with van der Waals surface area (Å²) in [5.41, 5.74) is 7.36. The van der Waals surface area contributed by atoms with E-state index in [1.54, 1.807) is 6.07 Å². The van der Waals surface area contributed by atoms with E-state index in [0.717, 1.165) is 15.6 Å². The van der Waals surface area contributed by atoms with Gasteiger partial charge in [0.05, 0.1) is 4.47 Å². The normalized spacial score (nSPS) is 10.4. The first-order valence-electron chi connectivity index (χ1n) is 5.55. The maximum atomic E-state index is 13.0. The van der Waals surface area contributed by atoms with E-state index in [0.29, 0.717) is 18.9 Å². The highest BCUT2D eigenvalue weighted by Gasteiger charge is 2.07. The summed E-state index contributed by atoms with van der Waals surface area (Å²) in [5, 5.41) is 0. The van der Waals surface area contributed by atoms with Crippen LogP contribution >= 0.6 is 15.9 Å². The first kappa shape index (κ1) is 13.1. The van der Waals surface area contributed by atoms with Crippen molar-refractivity contribution in [3.63, 3.8) is 0 Å². The van der Waals surface area contributed by atoms with Gasteiger partial charge >= 0.3 is 0 Å². The van der Waals surface area contributed by atoms with Crippen molar-refractivity contribution in [1.82, 2.24) is 0 Å². The highest BCUT2D eigenvalue weighted by atomic mass is 79.9. The van der Waals surface area contributed by atoms with Gasteiger partial charge in [0.1, 0.15) is 18.2 Å². The molecule has 94 valence electrons. The number of rotatable bonds is 4. The quantitative estimate of drug-likeness (QED) is 0.936. The van der Waals surface area contributed by atoms with Gasteiger partial charge in [-0.05, 0) is 39.7 Å². The maximum Gasteiger partial charge on any atom is 0.138 e. The van der Waals surface area contributed by atoms with E-state index in [1.165, 1.54) is 12.1 Å². The van der Waals surface area contributed by atoms with Crippen LogP contribution in [0.1, 0.15) is 11.1 Å². The molecule has 0 saturated heterocycles. The van der Waals surface area contributed by atoms with E-state index in [4.69, 9.17) is 10.5 Å². The lowest BCUT2D eigenvalue weighted by Crippen LogP contribution is -2.03. The minimum atomic E-state index is -0.262. The Kier molecular flexibility index (Phi) is 4.33. The standard InChI is InChI=1S/C14H13BrFNO/c15-13-6-2-4-11(8-17)14(13)18-9-10-3-1-5-12(16)7-10/h1-7H,8-9,17H2. The van der Waals surface area contributed by atoms with Gasteiger partial charge < -0.3 is 10.5 Å². The van der Waals surface area contributed by atoms with Crippen LogP contribution in [0.4, 0.5) is 4.39 Å². The van der Waals surface area contributed by atoms with Gasteiger partial charge in [-0.25, -0.2) is 4.39 Å². The van der Waals surface area contributed by atoms with Crippen molar-refractivity contribution in [2.75, 3.05) is 0 Å². The van der Waals surface area contributed by atoms with Gasteiger partial charge in [-0.2, -0.15) is 0 Å². The predicted octanol–water partition coefficient (Wildman–Crippen LogP) is 3.63. The van der Waals surface area contributed by atoms with Crippen molar-refractivity contribution >= 4 is 15.9 Å². The van der Waals surface area contributed by atoms with E-state index in [1.807, 2.05) is 24.3 Å². The van der Waals surface area contributed by atoms with Gasteiger partial charge in [0.15, 0.2) is 0 Å². The predicted molar refractivity (Wildman–Crippen MR) is 72.8 cm³/mol. The van der Waals surface area contributed by atoms with Crippen LogP contribution in [0.3, 0.4) is 0 Å². The van der Waals surface area contributed by atoms with Crippen LogP contribution in [0.2, 0.25) is 0 Å². The molecule has 0 spiro atoms. The first-order chi connectivity index (χ1) is 8.70. The highest BCUT2D eigenvalue weighted by Crippen LogP contribution is 2.29. The van der Waals surface area contributed by atoms with Gasteiger partial charge in [-0.1, -0.05) is 24.3 Å². The fourth-order valence-corrected chi connectivity index (χ4v) is 2.18. The zero-order valence-electron chi connectivity index (χ0n) is 9.70. The largest absolute Gasteiger partial charge is 0.487 e. The lowest BCUT2D eigenvalue weighted by molar-refractivity contribution is 0.300. The van der Waals surface area contributed by atoms with E-state index in [-0.39, 0.29) is 5.82 Å². The Morgan fingerprint density at radius 3 is 2.67 bits per heavy atom. The average molecular weight is 310 g/mol. The van der Waals surface area contributed by atoms with Crippen LogP contribution in [-0.4, -0.2) is 0 Å². The lowest BCUT2D eigenvalue weighted by atomic mass is 10.2. The molecule has 0 bridgehead atoms. The maximum absolute atomic E-state index is 13.0. The van der Waals surface area contributed by atoms with E-state index in [2.05, 4.69) is 15.9 Å². The van der Waals surface area contributed by atoms with Gasteiger partial charge in [0.2, 0.25) is 0 Å². The molecule has 0 fully saturated rings. The van der Waals surface area contributed by atoms with Crippen molar-refractivity contribution in [2.45, 2.75) is 13.2 Å². The molecular weight excluding hydrogens is 297 g/mol. The Morgan fingerprint density at radius 2 is 1.94 bits per heavy atom.